The van der Waals surface area contributed by atoms with Crippen LogP contribution in [0.5, 0.6) is 5.75 Å². The predicted octanol–water partition coefficient (Wildman–Crippen LogP) is 1.77. The molecule has 0 bridgehead atoms. The van der Waals surface area contributed by atoms with E-state index in [1.165, 1.54) is 0 Å². The first-order valence-electron chi connectivity index (χ1n) is 6.52. The van der Waals surface area contributed by atoms with E-state index < -0.39 is 0 Å². The van der Waals surface area contributed by atoms with Gasteiger partial charge in [0.15, 0.2) is 0 Å². The average Bonchev–Trinajstić information content (AvgIpc) is 2.39. The summed E-state index contributed by atoms with van der Waals surface area (Å²) in [5.41, 5.74) is 1.07. The van der Waals surface area contributed by atoms with Crippen molar-refractivity contribution in [3.8, 4) is 5.75 Å². The number of benzene rings is 1. The van der Waals surface area contributed by atoms with Gasteiger partial charge >= 0.3 is 0 Å². The lowest BCUT2D eigenvalue weighted by Crippen LogP contribution is -2.44. The van der Waals surface area contributed by atoms with Crippen LogP contribution in [0.3, 0.4) is 0 Å². The molecule has 0 amide bonds. The molecule has 106 valence electrons. The van der Waals surface area contributed by atoms with E-state index in [4.69, 9.17) is 21.1 Å². The largest absolute Gasteiger partial charge is 0.496 e. The van der Waals surface area contributed by atoms with Crippen LogP contribution in [0.2, 0.25) is 5.02 Å². The normalized spacial score (nSPS) is 20.5. The first-order chi connectivity index (χ1) is 9.19. The molecule has 1 heterocycles. The van der Waals surface area contributed by atoms with Gasteiger partial charge in [-0.1, -0.05) is 11.6 Å². The van der Waals surface area contributed by atoms with Gasteiger partial charge in [-0.15, -0.1) is 0 Å². The average molecular weight is 285 g/mol. The van der Waals surface area contributed by atoms with E-state index in [1.807, 2.05) is 18.2 Å². The first kappa shape index (κ1) is 14.6. The number of likely N-dealkylation sites (N-methyl/N-ethyl adjacent to an activating group) is 1. The van der Waals surface area contributed by atoms with E-state index >= 15 is 0 Å². The molecule has 1 unspecified atom stereocenters. The fraction of sp³-hybridized carbons (Fsp3) is 0.571. The second-order valence-corrected chi connectivity index (χ2v) is 5.28. The van der Waals surface area contributed by atoms with Crippen LogP contribution in [0.25, 0.3) is 0 Å². The van der Waals surface area contributed by atoms with Gasteiger partial charge < -0.3 is 19.7 Å². The number of nitrogens with one attached hydrogen (secondary N) is 1. The Labute approximate surface area is 119 Å². The van der Waals surface area contributed by atoms with Crippen LogP contribution in [-0.2, 0) is 11.3 Å². The summed E-state index contributed by atoms with van der Waals surface area (Å²) in [5.74, 6) is 0.860. The van der Waals surface area contributed by atoms with Gasteiger partial charge in [0, 0.05) is 36.8 Å². The van der Waals surface area contributed by atoms with E-state index in [2.05, 4.69) is 17.3 Å². The third-order valence-corrected chi connectivity index (χ3v) is 3.51. The number of halogens is 1. The van der Waals surface area contributed by atoms with Crippen molar-refractivity contribution in [2.45, 2.75) is 12.6 Å². The second kappa shape index (κ2) is 7.10. The molecular weight excluding hydrogens is 264 g/mol. The number of ether oxygens (including phenoxy) is 2. The monoisotopic (exact) mass is 284 g/mol. The summed E-state index contributed by atoms with van der Waals surface area (Å²) in [5, 5.41) is 4.13. The van der Waals surface area contributed by atoms with Gasteiger partial charge in [-0.05, 0) is 25.2 Å². The standard InChI is InChI=1S/C14H21ClN2O2/c1-17-5-6-19-13(10-17)9-16-8-11-7-12(15)3-4-14(11)18-2/h3-4,7,13,16H,5-6,8-10H2,1-2H3. The summed E-state index contributed by atoms with van der Waals surface area (Å²) in [7, 11) is 3.79. The molecule has 1 aromatic carbocycles. The highest BCUT2D eigenvalue weighted by Gasteiger charge is 2.17. The van der Waals surface area contributed by atoms with Crippen LogP contribution >= 0.6 is 11.6 Å². The van der Waals surface area contributed by atoms with Gasteiger partial charge in [-0.3, -0.25) is 0 Å². The molecular formula is C14H21ClN2O2. The Hall–Kier alpha value is -0.810. The maximum absolute atomic E-state index is 6.01. The zero-order valence-corrected chi connectivity index (χ0v) is 12.2. The third-order valence-electron chi connectivity index (χ3n) is 3.27. The molecule has 1 aliphatic heterocycles. The summed E-state index contributed by atoms with van der Waals surface area (Å²) in [6.07, 6.45) is 0.254. The number of methoxy groups -OCH3 is 1. The summed E-state index contributed by atoms with van der Waals surface area (Å²) < 4.78 is 11.0. The number of morpholine rings is 1. The molecule has 1 aliphatic rings. The Kier molecular flexibility index (Phi) is 5.45. The van der Waals surface area contributed by atoms with Gasteiger partial charge in [-0.25, -0.2) is 0 Å². The zero-order valence-electron chi connectivity index (χ0n) is 11.5. The van der Waals surface area contributed by atoms with Crippen LogP contribution in [-0.4, -0.2) is 51.4 Å². The molecule has 1 saturated heterocycles. The van der Waals surface area contributed by atoms with Crippen molar-refractivity contribution in [3.63, 3.8) is 0 Å². The molecule has 0 saturated carbocycles. The van der Waals surface area contributed by atoms with E-state index in [0.717, 1.165) is 49.1 Å². The maximum atomic E-state index is 6.01. The Balaban J connectivity index is 1.83. The topological polar surface area (TPSA) is 33.7 Å². The van der Waals surface area contributed by atoms with Crippen molar-refractivity contribution in [3.05, 3.63) is 28.8 Å². The maximum Gasteiger partial charge on any atom is 0.123 e. The Bertz CT molecular complexity index is 414. The smallest absolute Gasteiger partial charge is 0.123 e. The summed E-state index contributed by atoms with van der Waals surface area (Å²) in [6, 6.07) is 5.66. The summed E-state index contributed by atoms with van der Waals surface area (Å²) >= 11 is 6.01. The van der Waals surface area contributed by atoms with Crippen molar-refractivity contribution in [1.82, 2.24) is 10.2 Å². The van der Waals surface area contributed by atoms with Gasteiger partial charge in [0.2, 0.25) is 0 Å². The highest BCUT2D eigenvalue weighted by atomic mass is 35.5. The molecule has 1 N–H and O–H groups in total. The molecule has 4 nitrogen and oxygen atoms in total. The lowest BCUT2D eigenvalue weighted by Gasteiger charge is -2.30. The molecule has 5 heteroatoms. The Morgan fingerprint density at radius 1 is 1.53 bits per heavy atom. The summed E-state index contributed by atoms with van der Waals surface area (Å²) in [4.78, 5) is 2.29. The third kappa shape index (κ3) is 4.35. The molecule has 1 aromatic rings. The minimum absolute atomic E-state index is 0.254. The highest BCUT2D eigenvalue weighted by Crippen LogP contribution is 2.22. The molecule has 2 rings (SSSR count). The van der Waals surface area contributed by atoms with Crippen molar-refractivity contribution in [2.24, 2.45) is 0 Å². The quantitative estimate of drug-likeness (QED) is 0.894. The minimum atomic E-state index is 0.254. The van der Waals surface area contributed by atoms with Crippen molar-refractivity contribution in [1.29, 1.82) is 0 Å². The fourth-order valence-electron chi connectivity index (χ4n) is 2.24. The van der Waals surface area contributed by atoms with Crippen molar-refractivity contribution >= 4 is 11.6 Å². The van der Waals surface area contributed by atoms with Gasteiger partial charge in [0.1, 0.15) is 5.75 Å². The van der Waals surface area contributed by atoms with E-state index in [0.29, 0.717) is 0 Å². The number of rotatable bonds is 5. The van der Waals surface area contributed by atoms with Crippen LogP contribution in [0, 0.1) is 0 Å². The minimum Gasteiger partial charge on any atom is -0.496 e. The molecule has 1 fully saturated rings. The van der Waals surface area contributed by atoms with Gasteiger partial charge in [0.05, 0.1) is 19.8 Å². The molecule has 19 heavy (non-hydrogen) atoms. The van der Waals surface area contributed by atoms with Crippen molar-refractivity contribution in [2.75, 3.05) is 40.4 Å². The van der Waals surface area contributed by atoms with Crippen molar-refractivity contribution < 1.29 is 9.47 Å². The zero-order chi connectivity index (χ0) is 13.7. The van der Waals surface area contributed by atoms with E-state index in [9.17, 15) is 0 Å². The van der Waals surface area contributed by atoms with Crippen LogP contribution in [0.15, 0.2) is 18.2 Å². The van der Waals surface area contributed by atoms with E-state index in [1.54, 1.807) is 7.11 Å². The molecule has 0 aliphatic carbocycles. The van der Waals surface area contributed by atoms with Crippen LogP contribution in [0.4, 0.5) is 0 Å². The molecule has 0 radical (unpaired) electrons. The number of hydrogen-bond acceptors (Lipinski definition) is 4. The lowest BCUT2D eigenvalue weighted by atomic mass is 10.2. The van der Waals surface area contributed by atoms with Gasteiger partial charge in [-0.2, -0.15) is 0 Å². The Morgan fingerprint density at radius 3 is 3.11 bits per heavy atom. The molecule has 0 spiro atoms. The SMILES string of the molecule is COc1ccc(Cl)cc1CNCC1CN(C)CCO1. The lowest BCUT2D eigenvalue weighted by molar-refractivity contribution is -0.0182. The Morgan fingerprint density at radius 2 is 2.37 bits per heavy atom. The first-order valence-corrected chi connectivity index (χ1v) is 6.90. The van der Waals surface area contributed by atoms with Crippen LogP contribution in [0.1, 0.15) is 5.56 Å². The highest BCUT2D eigenvalue weighted by molar-refractivity contribution is 6.30. The van der Waals surface area contributed by atoms with Gasteiger partial charge in [0.25, 0.3) is 0 Å². The van der Waals surface area contributed by atoms with E-state index in [-0.39, 0.29) is 6.10 Å². The molecule has 1 atom stereocenters. The fourth-order valence-corrected chi connectivity index (χ4v) is 2.44. The number of nitrogens with zero attached hydrogens (tertiary/aromatic N) is 1. The van der Waals surface area contributed by atoms with Crippen LogP contribution < -0.4 is 10.1 Å². The predicted molar refractivity (Wildman–Crippen MR) is 76.9 cm³/mol. The number of hydrogen-bond donors (Lipinski definition) is 1. The second-order valence-electron chi connectivity index (χ2n) is 4.84. The summed E-state index contributed by atoms with van der Waals surface area (Å²) in [6.45, 7) is 4.36. The molecule has 0 aromatic heterocycles.